The SMILES string of the molecule is C=C1CC(CCC(C)CCCC(C)C)=CC=C1c1csc2c1sc1cc3sc4ccsc4c3cc12. The lowest BCUT2D eigenvalue weighted by molar-refractivity contribution is 0.435. The van der Waals surface area contributed by atoms with Crippen molar-refractivity contribution in [3.8, 4) is 0 Å². The molecule has 35 heavy (non-hydrogen) atoms. The van der Waals surface area contributed by atoms with Crippen LogP contribution in [-0.2, 0) is 0 Å². The van der Waals surface area contributed by atoms with Gasteiger partial charge in [0.2, 0.25) is 0 Å². The molecule has 0 spiro atoms. The molecule has 0 N–H and O–H groups in total. The molecule has 0 radical (unpaired) electrons. The zero-order valence-electron chi connectivity index (χ0n) is 20.8. The molecule has 0 amide bonds. The first-order valence-corrected chi connectivity index (χ1v) is 16.2. The Morgan fingerprint density at radius 2 is 1.69 bits per heavy atom. The van der Waals surface area contributed by atoms with E-state index in [-0.39, 0.29) is 0 Å². The third-order valence-electron chi connectivity index (χ3n) is 7.41. The van der Waals surface area contributed by atoms with E-state index in [0.717, 1.165) is 18.3 Å². The molecule has 6 rings (SSSR count). The summed E-state index contributed by atoms with van der Waals surface area (Å²) in [6.45, 7) is 11.6. The molecular formula is C31H32S4. The molecular weight excluding hydrogens is 501 g/mol. The summed E-state index contributed by atoms with van der Waals surface area (Å²) in [6, 6.07) is 7.13. The Morgan fingerprint density at radius 3 is 2.51 bits per heavy atom. The smallest absolute Gasteiger partial charge is 0.0541 e. The molecule has 0 bridgehead atoms. The first-order valence-electron chi connectivity index (χ1n) is 12.8. The summed E-state index contributed by atoms with van der Waals surface area (Å²) in [5.74, 6) is 1.64. The first-order chi connectivity index (χ1) is 17.0. The quantitative estimate of drug-likeness (QED) is 0.186. The predicted molar refractivity (Wildman–Crippen MR) is 165 cm³/mol. The van der Waals surface area contributed by atoms with Crippen LogP contribution in [0.4, 0.5) is 0 Å². The zero-order chi connectivity index (χ0) is 24.1. The normalized spacial score (nSPS) is 15.7. The van der Waals surface area contributed by atoms with Crippen molar-refractivity contribution in [1.29, 1.82) is 0 Å². The molecule has 0 aliphatic heterocycles. The summed E-state index contributed by atoms with van der Waals surface area (Å²) in [5, 5.41) is 7.43. The van der Waals surface area contributed by atoms with Crippen LogP contribution in [0.15, 0.2) is 58.8 Å². The van der Waals surface area contributed by atoms with Gasteiger partial charge in [0.15, 0.2) is 0 Å². The summed E-state index contributed by atoms with van der Waals surface area (Å²) in [5.41, 5.74) is 5.57. The second-order valence-electron chi connectivity index (χ2n) is 10.6. The largest absolute Gasteiger partial charge is 0.142 e. The average molecular weight is 533 g/mol. The number of hydrogen-bond acceptors (Lipinski definition) is 4. The molecule has 0 saturated carbocycles. The number of rotatable bonds is 8. The van der Waals surface area contributed by atoms with E-state index in [1.807, 2.05) is 45.3 Å². The highest BCUT2D eigenvalue weighted by Gasteiger charge is 2.20. The van der Waals surface area contributed by atoms with Crippen molar-refractivity contribution < 1.29 is 0 Å². The number of allylic oxidation sites excluding steroid dienone is 5. The van der Waals surface area contributed by atoms with Gasteiger partial charge in [0.05, 0.1) is 14.1 Å². The van der Waals surface area contributed by atoms with Crippen LogP contribution in [-0.4, -0.2) is 0 Å². The average Bonchev–Trinajstić information content (AvgIpc) is 3.57. The van der Waals surface area contributed by atoms with Gasteiger partial charge in [0, 0.05) is 35.8 Å². The van der Waals surface area contributed by atoms with Crippen LogP contribution >= 0.6 is 45.3 Å². The van der Waals surface area contributed by atoms with Gasteiger partial charge in [-0.3, -0.25) is 0 Å². The summed E-state index contributed by atoms with van der Waals surface area (Å²) in [4.78, 5) is 0. The van der Waals surface area contributed by atoms with E-state index in [9.17, 15) is 0 Å². The lowest BCUT2D eigenvalue weighted by Crippen LogP contribution is -2.01. The highest BCUT2D eigenvalue weighted by atomic mass is 32.1. The molecule has 4 aromatic heterocycles. The van der Waals surface area contributed by atoms with Gasteiger partial charge >= 0.3 is 0 Å². The number of benzene rings is 1. The minimum atomic E-state index is 0.813. The van der Waals surface area contributed by atoms with Gasteiger partial charge in [-0.2, -0.15) is 0 Å². The molecule has 180 valence electrons. The fourth-order valence-electron chi connectivity index (χ4n) is 5.36. The Hall–Kier alpha value is -1.72. The van der Waals surface area contributed by atoms with Crippen molar-refractivity contribution in [3.63, 3.8) is 0 Å². The maximum absolute atomic E-state index is 4.53. The Balaban J connectivity index is 1.25. The van der Waals surface area contributed by atoms with Crippen LogP contribution in [0.2, 0.25) is 0 Å². The second kappa shape index (κ2) is 9.63. The fourth-order valence-corrected chi connectivity index (χ4v) is 10.2. The summed E-state index contributed by atoms with van der Waals surface area (Å²) >= 11 is 7.66. The van der Waals surface area contributed by atoms with E-state index in [1.165, 1.54) is 87.8 Å². The summed E-state index contributed by atoms with van der Waals surface area (Å²) in [6.07, 6.45) is 12.4. The molecule has 1 aliphatic rings. The third kappa shape index (κ3) is 4.48. The molecule has 5 aromatic rings. The van der Waals surface area contributed by atoms with Gasteiger partial charge in [-0.05, 0) is 65.8 Å². The lowest BCUT2D eigenvalue weighted by Gasteiger charge is -2.19. The van der Waals surface area contributed by atoms with Crippen LogP contribution in [0.3, 0.4) is 0 Å². The van der Waals surface area contributed by atoms with Crippen LogP contribution in [0.5, 0.6) is 0 Å². The molecule has 1 aliphatic carbocycles. The second-order valence-corrected chi connectivity index (χ2v) is 14.6. The highest BCUT2D eigenvalue weighted by molar-refractivity contribution is 7.34. The van der Waals surface area contributed by atoms with E-state index < -0.39 is 0 Å². The van der Waals surface area contributed by atoms with Gasteiger partial charge in [-0.1, -0.05) is 64.3 Å². The van der Waals surface area contributed by atoms with E-state index in [0.29, 0.717) is 0 Å². The van der Waals surface area contributed by atoms with E-state index in [2.05, 4.69) is 68.5 Å². The van der Waals surface area contributed by atoms with Crippen molar-refractivity contribution in [2.75, 3.05) is 0 Å². The highest BCUT2D eigenvalue weighted by Crippen LogP contribution is 2.48. The molecule has 4 heteroatoms. The van der Waals surface area contributed by atoms with E-state index >= 15 is 0 Å². The van der Waals surface area contributed by atoms with Crippen LogP contribution in [0.1, 0.15) is 64.9 Å². The Labute approximate surface area is 224 Å². The molecule has 0 fully saturated rings. The van der Waals surface area contributed by atoms with E-state index in [4.69, 9.17) is 0 Å². The Bertz CT molecular complexity index is 1610. The van der Waals surface area contributed by atoms with Gasteiger partial charge in [-0.15, -0.1) is 45.3 Å². The van der Waals surface area contributed by atoms with Crippen molar-refractivity contribution >= 4 is 89.9 Å². The molecule has 1 atom stereocenters. The zero-order valence-corrected chi connectivity index (χ0v) is 24.0. The van der Waals surface area contributed by atoms with Gasteiger partial charge in [-0.25, -0.2) is 0 Å². The van der Waals surface area contributed by atoms with Crippen molar-refractivity contribution in [2.24, 2.45) is 11.8 Å². The molecule has 4 heterocycles. The molecule has 0 nitrogen and oxygen atoms in total. The summed E-state index contributed by atoms with van der Waals surface area (Å²) in [7, 11) is 0. The number of hydrogen-bond donors (Lipinski definition) is 0. The fraction of sp³-hybridized carbons (Fsp3) is 0.355. The van der Waals surface area contributed by atoms with Crippen molar-refractivity contribution in [2.45, 2.75) is 59.3 Å². The van der Waals surface area contributed by atoms with E-state index in [1.54, 1.807) is 5.57 Å². The van der Waals surface area contributed by atoms with Crippen LogP contribution in [0.25, 0.3) is 44.5 Å². The van der Waals surface area contributed by atoms with Gasteiger partial charge in [0.25, 0.3) is 0 Å². The number of thiophene rings is 4. The maximum atomic E-state index is 4.53. The topological polar surface area (TPSA) is 0 Å². The minimum Gasteiger partial charge on any atom is -0.142 e. The summed E-state index contributed by atoms with van der Waals surface area (Å²) < 4.78 is 8.58. The van der Waals surface area contributed by atoms with Crippen LogP contribution in [0, 0.1) is 11.8 Å². The maximum Gasteiger partial charge on any atom is 0.0541 e. The van der Waals surface area contributed by atoms with Gasteiger partial charge in [0.1, 0.15) is 0 Å². The van der Waals surface area contributed by atoms with Crippen LogP contribution < -0.4 is 0 Å². The molecule has 0 saturated heterocycles. The Morgan fingerprint density at radius 1 is 0.857 bits per heavy atom. The Kier molecular flexibility index (Phi) is 6.51. The molecule has 1 unspecified atom stereocenters. The molecule has 1 aromatic carbocycles. The van der Waals surface area contributed by atoms with Gasteiger partial charge < -0.3 is 0 Å². The van der Waals surface area contributed by atoms with Crippen molar-refractivity contribution in [3.05, 3.63) is 64.4 Å². The first kappa shape index (κ1) is 23.7. The lowest BCUT2D eigenvalue weighted by atomic mass is 9.86. The standard InChI is InChI=1S/C31H32S4/c1-18(2)6-5-7-19(3)8-9-21-10-11-22(20(4)14-21)25-17-33-30-24-15-23-27(16-28(24)35-31(25)30)34-26-12-13-32-29(23)26/h10-13,15-19H,4-9,14H2,1-3H3. The predicted octanol–water partition coefficient (Wildman–Crippen LogP) is 12.1. The minimum absolute atomic E-state index is 0.813. The monoisotopic (exact) mass is 532 g/mol. The third-order valence-corrected chi connectivity index (χ3v) is 11.9. The number of fused-ring (bicyclic) bond motifs is 6. The van der Waals surface area contributed by atoms with Crippen molar-refractivity contribution in [1.82, 2.24) is 0 Å².